The lowest BCUT2D eigenvalue weighted by atomic mass is 9.53. The first kappa shape index (κ1) is 23.8. The van der Waals surface area contributed by atoms with Crippen molar-refractivity contribution in [3.8, 4) is 0 Å². The van der Waals surface area contributed by atoms with Crippen molar-refractivity contribution in [1.82, 2.24) is 15.4 Å². The number of amidine groups is 1. The fourth-order valence-electron chi connectivity index (χ4n) is 4.45. The molecular formula is C22H24B2BrN4O4. The van der Waals surface area contributed by atoms with Gasteiger partial charge in [0.15, 0.2) is 5.54 Å². The van der Waals surface area contributed by atoms with Crippen LogP contribution in [0.25, 0.3) is 0 Å². The van der Waals surface area contributed by atoms with E-state index in [1.54, 1.807) is 17.9 Å². The predicted octanol–water partition coefficient (Wildman–Crippen LogP) is 0.995. The summed E-state index contributed by atoms with van der Waals surface area (Å²) in [6, 6.07) is 8.48. The van der Waals surface area contributed by atoms with Crippen LogP contribution in [0.1, 0.15) is 44.4 Å². The number of carbonyl (C=O) groups is 2. The summed E-state index contributed by atoms with van der Waals surface area (Å²) in [7, 11) is 6.83. The number of amides is 2. The van der Waals surface area contributed by atoms with E-state index in [2.05, 4.69) is 26.4 Å². The van der Waals surface area contributed by atoms with Crippen LogP contribution < -0.4 is 10.9 Å². The molecule has 1 fully saturated rings. The summed E-state index contributed by atoms with van der Waals surface area (Å²) in [6.45, 7) is 5.71. The molecule has 8 nitrogen and oxygen atoms in total. The van der Waals surface area contributed by atoms with Crippen molar-refractivity contribution in [2.45, 2.75) is 50.8 Å². The second kappa shape index (κ2) is 9.10. The molecule has 4 atom stereocenters. The number of aromatic nitrogens is 1. The summed E-state index contributed by atoms with van der Waals surface area (Å²) in [5, 5.41) is 17.2. The van der Waals surface area contributed by atoms with Gasteiger partial charge in [-0.05, 0) is 36.6 Å². The minimum atomic E-state index is -1.12. The number of aliphatic imine (C=N–C) groups is 1. The van der Waals surface area contributed by atoms with Gasteiger partial charge in [-0.3, -0.25) is 9.59 Å². The van der Waals surface area contributed by atoms with Gasteiger partial charge in [0.25, 0.3) is 5.91 Å². The third kappa shape index (κ3) is 4.40. The molecule has 0 spiro atoms. The number of carbonyl (C=O) groups excluding carboxylic acids is 2. The Morgan fingerprint density at radius 1 is 1.39 bits per heavy atom. The SMILES string of the molecule is [B][B]c1cc(C(C(=O)N2C[C@H](O)C[C@H]2C2=NC(C)(c3ccc(Br)cc3)C(=O)N2)C(C)C)on1. The molecule has 0 saturated carbocycles. The Morgan fingerprint density at radius 3 is 2.70 bits per heavy atom. The molecular weight excluding hydrogens is 486 g/mol. The first-order chi connectivity index (χ1) is 15.6. The Kier molecular flexibility index (Phi) is 6.55. The Labute approximate surface area is 202 Å². The topological polar surface area (TPSA) is 108 Å². The summed E-state index contributed by atoms with van der Waals surface area (Å²) in [6.07, 6.45) is -0.446. The molecule has 2 N–H and O–H groups in total. The quantitative estimate of drug-likeness (QED) is 0.565. The van der Waals surface area contributed by atoms with Gasteiger partial charge in [-0.15, -0.1) is 0 Å². The minimum Gasteiger partial charge on any atom is -0.391 e. The Hall–Kier alpha value is -2.39. The van der Waals surface area contributed by atoms with Gasteiger partial charge in [0.2, 0.25) is 5.91 Å². The summed E-state index contributed by atoms with van der Waals surface area (Å²) < 4.78 is 6.29. The molecule has 0 bridgehead atoms. The number of halogens is 1. The van der Waals surface area contributed by atoms with E-state index in [1.807, 2.05) is 38.1 Å². The van der Waals surface area contributed by atoms with Crippen molar-refractivity contribution in [2.24, 2.45) is 10.9 Å². The molecule has 2 aliphatic heterocycles. The third-order valence-electron chi connectivity index (χ3n) is 6.27. The Morgan fingerprint density at radius 2 is 2.09 bits per heavy atom. The minimum absolute atomic E-state index is 0.0948. The van der Waals surface area contributed by atoms with E-state index in [1.165, 1.54) is 7.17 Å². The van der Waals surface area contributed by atoms with Crippen molar-refractivity contribution < 1.29 is 19.2 Å². The van der Waals surface area contributed by atoms with Crippen LogP contribution in [0, 0.1) is 5.92 Å². The number of hydrogen-bond donors (Lipinski definition) is 2. The van der Waals surface area contributed by atoms with Gasteiger partial charge in [-0.2, -0.15) is 0 Å². The largest absolute Gasteiger partial charge is 0.391 e. The summed E-state index contributed by atoms with van der Waals surface area (Å²) in [5.74, 6) is -0.416. The van der Waals surface area contributed by atoms with E-state index >= 15 is 0 Å². The number of likely N-dealkylation sites (tertiary alicyclic amines) is 1. The van der Waals surface area contributed by atoms with Crippen LogP contribution in [-0.2, 0) is 15.1 Å². The van der Waals surface area contributed by atoms with E-state index in [4.69, 9.17) is 17.3 Å². The van der Waals surface area contributed by atoms with Crippen LogP contribution in [0.5, 0.6) is 0 Å². The highest BCUT2D eigenvalue weighted by atomic mass is 79.9. The lowest BCUT2D eigenvalue weighted by Gasteiger charge is -2.29. The molecule has 33 heavy (non-hydrogen) atoms. The highest BCUT2D eigenvalue weighted by Gasteiger charge is 2.48. The maximum absolute atomic E-state index is 13.7. The zero-order valence-corrected chi connectivity index (χ0v) is 20.2. The molecule has 1 aromatic heterocycles. The van der Waals surface area contributed by atoms with Crippen molar-refractivity contribution in [3.63, 3.8) is 0 Å². The van der Waals surface area contributed by atoms with Crippen LogP contribution in [0.15, 0.2) is 44.3 Å². The van der Waals surface area contributed by atoms with E-state index in [0.717, 1.165) is 10.0 Å². The van der Waals surface area contributed by atoms with E-state index in [9.17, 15) is 14.7 Å². The number of rotatable bonds is 6. The Bertz CT molecular complexity index is 1090. The first-order valence-corrected chi connectivity index (χ1v) is 11.6. The number of aliphatic hydroxyl groups is 1. The fourth-order valence-corrected chi connectivity index (χ4v) is 4.71. The lowest BCUT2D eigenvalue weighted by molar-refractivity contribution is -0.134. The molecule has 11 heteroatoms. The van der Waals surface area contributed by atoms with Gasteiger partial charge >= 0.3 is 0 Å². The van der Waals surface area contributed by atoms with Crippen LogP contribution in [-0.4, -0.2) is 66.4 Å². The molecule has 2 unspecified atom stereocenters. The number of aliphatic hydroxyl groups excluding tert-OH is 1. The molecule has 4 rings (SSSR count). The number of hydrogen-bond acceptors (Lipinski definition) is 6. The maximum Gasteiger partial charge on any atom is 0.257 e. The van der Waals surface area contributed by atoms with Gasteiger partial charge < -0.3 is 19.8 Å². The van der Waals surface area contributed by atoms with Crippen LogP contribution in [0.4, 0.5) is 0 Å². The molecule has 1 saturated heterocycles. The molecule has 169 valence electrons. The summed E-state index contributed by atoms with van der Waals surface area (Å²) >= 11 is 3.40. The van der Waals surface area contributed by atoms with E-state index in [0.29, 0.717) is 17.2 Å². The second-order valence-corrected chi connectivity index (χ2v) is 9.88. The molecule has 2 aliphatic rings. The molecule has 0 aliphatic carbocycles. The van der Waals surface area contributed by atoms with Gasteiger partial charge in [0.1, 0.15) is 24.7 Å². The average Bonchev–Trinajstić information content (AvgIpc) is 3.46. The molecule has 3 heterocycles. The normalized spacial score (nSPS) is 25.8. The summed E-state index contributed by atoms with van der Waals surface area (Å²) in [5.41, 5.74) is 0.0630. The van der Waals surface area contributed by atoms with Gasteiger partial charge in [0.05, 0.1) is 12.1 Å². The van der Waals surface area contributed by atoms with E-state index < -0.39 is 23.6 Å². The average molecular weight is 510 g/mol. The first-order valence-electron chi connectivity index (χ1n) is 10.8. The molecule has 1 aromatic carbocycles. The van der Waals surface area contributed by atoms with Crippen molar-refractivity contribution in [2.75, 3.05) is 6.54 Å². The zero-order valence-electron chi connectivity index (χ0n) is 18.7. The molecule has 3 radical (unpaired) electrons. The molecule has 2 aromatic rings. The fraction of sp³-hybridized carbons (Fsp3) is 0.455. The van der Waals surface area contributed by atoms with Crippen molar-refractivity contribution in [1.29, 1.82) is 0 Å². The van der Waals surface area contributed by atoms with Gasteiger partial charge in [-0.25, -0.2) is 4.99 Å². The number of benzene rings is 1. The zero-order chi connectivity index (χ0) is 23.9. The van der Waals surface area contributed by atoms with Gasteiger partial charge in [0, 0.05) is 30.8 Å². The summed E-state index contributed by atoms with van der Waals surface area (Å²) in [4.78, 5) is 32.9. The standard InChI is InChI=1S/C22H24B2BrN4O4/c1-11(2)18(16-9-17(24-23)28-33-16)20(31)29-10-14(30)8-15(29)19-26-21(32)22(3,27-19)12-4-6-13(25)7-5-12/h4-7,9,11,14-15,18,30H,8,10H2,1-3H3,(H,26,27,32)/t14-,15+,18?,22?/m1/s1. The number of β-amino-alcohol motifs (C(OH)–C–C–N with tert-alkyl or cyclic N) is 1. The number of nitrogens with zero attached hydrogens (tertiary/aromatic N) is 3. The second-order valence-electron chi connectivity index (χ2n) is 8.97. The number of nitrogens with one attached hydrogen (secondary N) is 1. The van der Waals surface area contributed by atoms with Crippen molar-refractivity contribution >= 4 is 54.1 Å². The predicted molar refractivity (Wildman–Crippen MR) is 128 cm³/mol. The highest BCUT2D eigenvalue weighted by molar-refractivity contribution is 9.10. The monoisotopic (exact) mass is 509 g/mol. The van der Waals surface area contributed by atoms with Crippen LogP contribution >= 0.6 is 15.9 Å². The third-order valence-corrected chi connectivity index (χ3v) is 6.80. The van der Waals surface area contributed by atoms with Crippen LogP contribution in [0.2, 0.25) is 0 Å². The molecule has 2 amide bonds. The highest BCUT2D eigenvalue weighted by Crippen LogP contribution is 2.35. The van der Waals surface area contributed by atoms with Crippen LogP contribution in [0.3, 0.4) is 0 Å². The van der Waals surface area contributed by atoms with Crippen molar-refractivity contribution in [3.05, 3.63) is 46.1 Å². The van der Waals surface area contributed by atoms with Gasteiger partial charge in [-0.1, -0.05) is 47.1 Å². The van der Waals surface area contributed by atoms with E-state index in [-0.39, 0.29) is 30.7 Å². The maximum atomic E-state index is 13.7. The smallest absolute Gasteiger partial charge is 0.257 e. The Balaban J connectivity index is 1.65. The lowest BCUT2D eigenvalue weighted by Crippen LogP contribution is -2.48.